The third-order valence-electron chi connectivity index (χ3n) is 3.01. The molecule has 6 heteroatoms. The Hall–Kier alpha value is -2.04. The van der Waals surface area contributed by atoms with Crippen LogP contribution in [0.15, 0.2) is 53.6 Å². The summed E-state index contributed by atoms with van der Waals surface area (Å²) in [5, 5.41) is 5.07. The maximum Gasteiger partial charge on any atom is 0.283 e. The van der Waals surface area contributed by atoms with Crippen LogP contribution in [0.4, 0.5) is 0 Å². The maximum atomic E-state index is 12.2. The molecule has 0 aliphatic rings. The molecule has 0 unspecified atom stereocenters. The molecule has 2 aromatic rings. The molecule has 0 aliphatic carbocycles. The Labute approximate surface area is 145 Å². The number of nitrogens with zero attached hydrogens (tertiary/aromatic N) is 1. The number of amides is 1. The van der Waals surface area contributed by atoms with E-state index in [2.05, 4.69) is 10.5 Å². The highest BCUT2D eigenvalue weighted by atomic mass is 35.5. The molecule has 0 fully saturated rings. The Morgan fingerprint density at radius 3 is 2.43 bits per heavy atom. The number of benzene rings is 2. The average molecular weight is 351 g/mol. The van der Waals surface area contributed by atoms with Gasteiger partial charge in [-0.3, -0.25) is 4.79 Å². The summed E-state index contributed by atoms with van der Waals surface area (Å²) in [4.78, 5) is 12.2. The molecule has 1 amide bonds. The van der Waals surface area contributed by atoms with E-state index in [1.807, 2.05) is 12.1 Å². The lowest BCUT2D eigenvalue weighted by Gasteiger charge is -2.24. The molecule has 120 valence electrons. The summed E-state index contributed by atoms with van der Waals surface area (Å²) in [6.45, 7) is 3.31. The van der Waals surface area contributed by atoms with Crippen LogP contribution >= 0.6 is 23.2 Å². The number of nitrogens with one attached hydrogen (secondary N) is 1. The minimum atomic E-state index is -1.09. The quantitative estimate of drug-likeness (QED) is 0.645. The van der Waals surface area contributed by atoms with Gasteiger partial charge in [0.2, 0.25) is 0 Å². The highest BCUT2D eigenvalue weighted by Gasteiger charge is 2.29. The summed E-state index contributed by atoms with van der Waals surface area (Å²) in [5.74, 6) is 0.167. The molecule has 0 aromatic heterocycles. The molecule has 1 N–H and O–H groups in total. The van der Waals surface area contributed by atoms with Gasteiger partial charge in [-0.05, 0) is 44.2 Å². The molecule has 0 saturated carbocycles. The number of hydrogen-bond donors (Lipinski definition) is 1. The lowest BCUT2D eigenvalue weighted by molar-refractivity contribution is -0.134. The summed E-state index contributed by atoms with van der Waals surface area (Å²) in [7, 11) is 0. The van der Waals surface area contributed by atoms with Crippen molar-refractivity contribution in [1.29, 1.82) is 0 Å². The van der Waals surface area contributed by atoms with E-state index in [0.29, 0.717) is 21.4 Å². The number of carbonyl (C=O) groups is 1. The van der Waals surface area contributed by atoms with E-state index in [9.17, 15) is 4.79 Å². The van der Waals surface area contributed by atoms with Crippen molar-refractivity contribution in [1.82, 2.24) is 5.43 Å². The van der Waals surface area contributed by atoms with Crippen LogP contribution in [-0.4, -0.2) is 17.7 Å². The molecule has 0 aliphatic heterocycles. The predicted octanol–water partition coefficient (Wildman–Crippen LogP) is 4.30. The van der Waals surface area contributed by atoms with Crippen molar-refractivity contribution in [2.24, 2.45) is 5.10 Å². The van der Waals surface area contributed by atoms with Crippen molar-refractivity contribution in [3.63, 3.8) is 0 Å². The fraction of sp³-hybridized carbons (Fsp3) is 0.176. The fourth-order valence-electron chi connectivity index (χ4n) is 1.72. The second-order valence-corrected chi connectivity index (χ2v) is 6.13. The minimum absolute atomic E-state index is 0.379. The zero-order chi connectivity index (χ0) is 16.9. The molecule has 4 nitrogen and oxygen atoms in total. The average Bonchev–Trinajstić information content (AvgIpc) is 2.51. The third-order valence-corrected chi connectivity index (χ3v) is 3.60. The van der Waals surface area contributed by atoms with Gasteiger partial charge < -0.3 is 4.74 Å². The first-order valence-corrected chi connectivity index (χ1v) is 7.67. The number of ether oxygens (including phenoxy) is 1. The number of halogens is 2. The Morgan fingerprint density at radius 2 is 1.78 bits per heavy atom. The van der Waals surface area contributed by atoms with Crippen LogP contribution in [0.25, 0.3) is 0 Å². The Kier molecular flexibility index (Phi) is 5.64. The second kappa shape index (κ2) is 7.49. The molecule has 2 rings (SSSR count). The van der Waals surface area contributed by atoms with E-state index in [1.165, 1.54) is 6.21 Å². The lowest BCUT2D eigenvalue weighted by atomic mass is 10.1. The van der Waals surface area contributed by atoms with Crippen LogP contribution in [0.3, 0.4) is 0 Å². The molecule has 0 atom stereocenters. The van der Waals surface area contributed by atoms with Gasteiger partial charge in [0.15, 0.2) is 5.60 Å². The normalized spacial score (nSPS) is 11.5. The Morgan fingerprint density at radius 1 is 1.13 bits per heavy atom. The van der Waals surface area contributed by atoms with E-state index in [-0.39, 0.29) is 5.91 Å². The minimum Gasteiger partial charge on any atom is -0.478 e. The lowest BCUT2D eigenvalue weighted by Crippen LogP contribution is -2.44. The van der Waals surface area contributed by atoms with Gasteiger partial charge in [-0.15, -0.1) is 0 Å². The fourth-order valence-corrected chi connectivity index (χ4v) is 2.03. The van der Waals surface area contributed by atoms with Crippen LogP contribution < -0.4 is 10.2 Å². The molecule has 2 aromatic carbocycles. The van der Waals surface area contributed by atoms with Crippen LogP contribution in [-0.2, 0) is 4.79 Å². The molecule has 0 bridgehead atoms. The molecule has 0 spiro atoms. The van der Waals surface area contributed by atoms with Gasteiger partial charge in [0.05, 0.1) is 6.21 Å². The highest BCUT2D eigenvalue weighted by Crippen LogP contribution is 2.21. The number of hydrazone groups is 1. The summed E-state index contributed by atoms with van der Waals surface area (Å²) >= 11 is 11.8. The van der Waals surface area contributed by atoms with Gasteiger partial charge in [0.1, 0.15) is 5.75 Å². The molecule has 0 heterocycles. The predicted molar refractivity (Wildman–Crippen MR) is 93.3 cm³/mol. The van der Waals surface area contributed by atoms with E-state index in [1.54, 1.807) is 50.2 Å². The van der Waals surface area contributed by atoms with Crippen molar-refractivity contribution in [3.8, 4) is 5.75 Å². The summed E-state index contributed by atoms with van der Waals surface area (Å²) in [5.41, 5.74) is 2.07. The summed E-state index contributed by atoms with van der Waals surface area (Å²) < 4.78 is 5.67. The van der Waals surface area contributed by atoms with Crippen molar-refractivity contribution in [2.45, 2.75) is 19.4 Å². The Balaban J connectivity index is 1.98. The first-order chi connectivity index (χ1) is 10.9. The van der Waals surface area contributed by atoms with Crippen molar-refractivity contribution in [3.05, 3.63) is 64.1 Å². The standard InChI is InChI=1S/C17H16Cl2N2O2/c1-17(2,23-14-9-7-13(18)8-10-14)16(22)21-20-11-12-5-3-4-6-15(12)19/h3-11H,1-2H3,(H,21,22). The third kappa shape index (κ3) is 4.98. The Bertz CT molecular complexity index is 713. The zero-order valence-corrected chi connectivity index (χ0v) is 14.2. The smallest absolute Gasteiger partial charge is 0.283 e. The van der Waals surface area contributed by atoms with Crippen molar-refractivity contribution in [2.75, 3.05) is 0 Å². The van der Waals surface area contributed by atoms with Crippen LogP contribution in [0, 0.1) is 0 Å². The molecule has 0 saturated heterocycles. The number of rotatable bonds is 5. The first-order valence-electron chi connectivity index (χ1n) is 6.91. The largest absolute Gasteiger partial charge is 0.478 e. The number of hydrogen-bond acceptors (Lipinski definition) is 3. The van der Waals surface area contributed by atoms with E-state index >= 15 is 0 Å². The first kappa shape index (κ1) is 17.3. The van der Waals surface area contributed by atoms with Crippen LogP contribution in [0.1, 0.15) is 19.4 Å². The monoisotopic (exact) mass is 350 g/mol. The maximum absolute atomic E-state index is 12.2. The van der Waals surface area contributed by atoms with Gasteiger partial charge >= 0.3 is 0 Å². The topological polar surface area (TPSA) is 50.7 Å². The molecular weight excluding hydrogens is 335 g/mol. The second-order valence-electron chi connectivity index (χ2n) is 5.29. The molecule has 23 heavy (non-hydrogen) atoms. The number of carbonyl (C=O) groups excluding carboxylic acids is 1. The van der Waals surface area contributed by atoms with E-state index in [4.69, 9.17) is 27.9 Å². The summed E-state index contributed by atoms with van der Waals surface area (Å²) in [6.07, 6.45) is 1.48. The van der Waals surface area contributed by atoms with Crippen LogP contribution in [0.2, 0.25) is 10.0 Å². The van der Waals surface area contributed by atoms with Gasteiger partial charge in [-0.1, -0.05) is 41.4 Å². The van der Waals surface area contributed by atoms with Gasteiger partial charge in [-0.25, -0.2) is 5.43 Å². The molecule has 0 radical (unpaired) electrons. The highest BCUT2D eigenvalue weighted by molar-refractivity contribution is 6.33. The van der Waals surface area contributed by atoms with E-state index < -0.39 is 5.60 Å². The summed E-state index contributed by atoms with van der Waals surface area (Å²) in [6, 6.07) is 14.0. The zero-order valence-electron chi connectivity index (χ0n) is 12.7. The molecular formula is C17H16Cl2N2O2. The van der Waals surface area contributed by atoms with E-state index in [0.717, 1.165) is 0 Å². The van der Waals surface area contributed by atoms with Gasteiger partial charge in [0, 0.05) is 15.6 Å². The van der Waals surface area contributed by atoms with Crippen LogP contribution in [0.5, 0.6) is 5.75 Å². The van der Waals surface area contributed by atoms with Crippen molar-refractivity contribution >= 4 is 35.3 Å². The van der Waals surface area contributed by atoms with Gasteiger partial charge in [0.25, 0.3) is 5.91 Å². The van der Waals surface area contributed by atoms with Crippen molar-refractivity contribution < 1.29 is 9.53 Å². The van der Waals surface area contributed by atoms with Gasteiger partial charge in [-0.2, -0.15) is 5.10 Å². The SMILES string of the molecule is CC(C)(Oc1ccc(Cl)cc1)C(=O)NN=Cc1ccccc1Cl.